The molecular weight excluding hydrogens is 356 g/mol. The molecule has 7 heteroatoms. The van der Waals surface area contributed by atoms with E-state index < -0.39 is 0 Å². The number of nitrogens with zero attached hydrogens (tertiary/aromatic N) is 6. The minimum absolute atomic E-state index is 0.530. The van der Waals surface area contributed by atoms with Gasteiger partial charge in [-0.25, -0.2) is 15.0 Å². The van der Waals surface area contributed by atoms with Crippen LogP contribution in [0.2, 0.25) is 0 Å². The van der Waals surface area contributed by atoms with E-state index in [1.54, 1.807) is 24.6 Å². The smallest absolute Gasteiger partial charge is 0.173 e. The molecule has 0 spiro atoms. The van der Waals surface area contributed by atoms with Gasteiger partial charge in [-0.05, 0) is 37.9 Å². The van der Waals surface area contributed by atoms with E-state index in [0.717, 1.165) is 43.4 Å². The van der Waals surface area contributed by atoms with Crippen LogP contribution in [0.25, 0.3) is 32.0 Å². The molecule has 0 fully saturated rings. The Hall–Kier alpha value is -3.19. The van der Waals surface area contributed by atoms with Crippen LogP contribution in [0.3, 0.4) is 0 Å². The topological polar surface area (TPSA) is 68.3 Å². The highest BCUT2D eigenvalue weighted by molar-refractivity contribution is 7.18. The maximum absolute atomic E-state index is 4.87. The number of aryl methyl sites for hydroxylation is 2. The van der Waals surface area contributed by atoms with Crippen LogP contribution in [-0.4, -0.2) is 39.1 Å². The molecule has 0 unspecified atom stereocenters. The highest BCUT2D eigenvalue weighted by Crippen LogP contribution is 2.36. The normalized spacial score (nSPS) is 11.9. The summed E-state index contributed by atoms with van der Waals surface area (Å²) >= 11 is 1.61. The molecular formula is C20H18N6S. The Kier molecular flexibility index (Phi) is 4.37. The van der Waals surface area contributed by atoms with Gasteiger partial charge in [0.05, 0.1) is 21.8 Å². The lowest BCUT2D eigenvalue weighted by Gasteiger charge is -2.07. The van der Waals surface area contributed by atoms with Gasteiger partial charge < -0.3 is 4.57 Å². The first-order valence-corrected chi connectivity index (χ1v) is 9.22. The number of aliphatic imine (C=N–C) groups is 2. The van der Waals surface area contributed by atoms with Crippen molar-refractivity contribution in [2.24, 2.45) is 17.0 Å². The van der Waals surface area contributed by atoms with Gasteiger partial charge in [0.2, 0.25) is 0 Å². The molecule has 0 aliphatic carbocycles. The first kappa shape index (κ1) is 17.2. The Bertz CT molecular complexity index is 1170. The quantitative estimate of drug-likeness (QED) is 0.400. The van der Waals surface area contributed by atoms with E-state index in [4.69, 9.17) is 9.97 Å². The molecule has 6 nitrogen and oxygen atoms in total. The van der Waals surface area contributed by atoms with E-state index in [1.165, 1.54) is 0 Å². The second-order valence-electron chi connectivity index (χ2n) is 6.10. The minimum Gasteiger partial charge on any atom is -0.350 e. The Morgan fingerprint density at radius 2 is 2.11 bits per heavy atom. The third kappa shape index (κ3) is 2.96. The van der Waals surface area contributed by atoms with Gasteiger partial charge in [0.1, 0.15) is 10.7 Å². The molecule has 0 saturated carbocycles. The molecule has 0 N–H and O–H groups in total. The molecule has 27 heavy (non-hydrogen) atoms. The van der Waals surface area contributed by atoms with Gasteiger partial charge in [0, 0.05) is 43.6 Å². The van der Waals surface area contributed by atoms with Gasteiger partial charge in [-0.3, -0.25) is 9.98 Å². The fourth-order valence-electron chi connectivity index (χ4n) is 3.05. The molecule has 0 saturated heterocycles. The van der Waals surface area contributed by atoms with Crippen molar-refractivity contribution in [1.82, 2.24) is 19.5 Å². The summed E-state index contributed by atoms with van der Waals surface area (Å²) in [4.78, 5) is 23.1. The molecule has 134 valence electrons. The van der Waals surface area contributed by atoms with Crippen molar-refractivity contribution in [3.8, 4) is 21.1 Å². The average Bonchev–Trinajstić information content (AvgIpc) is 3.26. The summed E-state index contributed by atoms with van der Waals surface area (Å²) in [6.07, 6.45) is 5.59. The fourth-order valence-corrected chi connectivity index (χ4v) is 4.07. The van der Waals surface area contributed by atoms with Crippen LogP contribution in [0.15, 0.2) is 52.8 Å². The number of pyridine rings is 2. The van der Waals surface area contributed by atoms with Gasteiger partial charge in [0.25, 0.3) is 0 Å². The number of thiazole rings is 1. The summed E-state index contributed by atoms with van der Waals surface area (Å²) in [6.45, 7) is 5.64. The number of hydrogen-bond donors (Lipinski definition) is 0. The van der Waals surface area contributed by atoms with E-state index in [1.807, 2.05) is 44.6 Å². The number of rotatable bonds is 3. The first-order valence-electron chi connectivity index (χ1n) is 8.40. The van der Waals surface area contributed by atoms with E-state index in [-0.39, 0.29) is 0 Å². The summed E-state index contributed by atoms with van der Waals surface area (Å²) in [5, 5.41) is 1.93. The summed E-state index contributed by atoms with van der Waals surface area (Å²) in [6, 6.07) is 8.04. The Balaban J connectivity index is 1.94. The SMILES string of the molecule is C=NC(=NC)c1nc(-c2sc(-c3cccnc3)nc2C)cc2c1ccn2C. The van der Waals surface area contributed by atoms with E-state index in [9.17, 15) is 0 Å². The molecule has 0 aromatic carbocycles. The number of aromatic nitrogens is 4. The van der Waals surface area contributed by atoms with Gasteiger partial charge in [0.15, 0.2) is 5.84 Å². The van der Waals surface area contributed by atoms with Crippen LogP contribution in [0.1, 0.15) is 11.4 Å². The molecule has 4 rings (SSSR count). The molecule has 4 aromatic rings. The third-order valence-electron chi connectivity index (χ3n) is 4.39. The molecule has 4 heterocycles. The lowest BCUT2D eigenvalue weighted by Crippen LogP contribution is -2.03. The molecule has 0 aliphatic heterocycles. The van der Waals surface area contributed by atoms with Crippen LogP contribution in [0.4, 0.5) is 0 Å². The van der Waals surface area contributed by atoms with Crippen LogP contribution >= 0.6 is 11.3 Å². The van der Waals surface area contributed by atoms with Crippen LogP contribution in [0, 0.1) is 6.92 Å². The number of fused-ring (bicyclic) bond motifs is 1. The van der Waals surface area contributed by atoms with Crippen molar-refractivity contribution in [3.05, 3.63) is 54.2 Å². The minimum atomic E-state index is 0.530. The Labute approximate surface area is 161 Å². The Morgan fingerprint density at radius 3 is 2.81 bits per heavy atom. The molecule has 0 bridgehead atoms. The summed E-state index contributed by atoms with van der Waals surface area (Å²) in [5.74, 6) is 0.530. The van der Waals surface area contributed by atoms with Crippen molar-refractivity contribution in [1.29, 1.82) is 0 Å². The summed E-state index contributed by atoms with van der Waals surface area (Å²) < 4.78 is 2.07. The van der Waals surface area contributed by atoms with Crippen LogP contribution in [0.5, 0.6) is 0 Å². The maximum Gasteiger partial charge on any atom is 0.173 e. The zero-order chi connectivity index (χ0) is 19.0. The van der Waals surface area contributed by atoms with Crippen molar-refractivity contribution in [2.45, 2.75) is 6.92 Å². The lowest BCUT2D eigenvalue weighted by molar-refractivity contribution is 0.968. The predicted octanol–water partition coefficient (Wildman–Crippen LogP) is 4.14. The highest BCUT2D eigenvalue weighted by Gasteiger charge is 2.18. The average molecular weight is 374 g/mol. The second kappa shape index (κ2) is 6.85. The lowest BCUT2D eigenvalue weighted by atomic mass is 10.1. The Morgan fingerprint density at radius 1 is 1.26 bits per heavy atom. The highest BCUT2D eigenvalue weighted by atomic mass is 32.1. The van der Waals surface area contributed by atoms with Crippen molar-refractivity contribution >= 4 is 34.8 Å². The van der Waals surface area contributed by atoms with E-state index in [2.05, 4.69) is 32.3 Å². The number of amidine groups is 1. The zero-order valence-corrected chi connectivity index (χ0v) is 16.2. The van der Waals surface area contributed by atoms with Crippen molar-refractivity contribution in [2.75, 3.05) is 7.05 Å². The van der Waals surface area contributed by atoms with Crippen molar-refractivity contribution < 1.29 is 0 Å². The largest absolute Gasteiger partial charge is 0.350 e. The summed E-state index contributed by atoms with van der Waals surface area (Å²) in [5.41, 5.74) is 4.59. The van der Waals surface area contributed by atoms with Crippen LogP contribution < -0.4 is 0 Å². The molecule has 0 amide bonds. The van der Waals surface area contributed by atoms with Crippen molar-refractivity contribution in [3.63, 3.8) is 0 Å². The van der Waals surface area contributed by atoms with E-state index >= 15 is 0 Å². The van der Waals surface area contributed by atoms with Gasteiger partial charge in [-0.2, -0.15) is 0 Å². The van der Waals surface area contributed by atoms with E-state index in [0.29, 0.717) is 5.84 Å². The maximum atomic E-state index is 4.87. The van der Waals surface area contributed by atoms with Crippen LogP contribution in [-0.2, 0) is 7.05 Å². The first-order chi connectivity index (χ1) is 13.1. The summed E-state index contributed by atoms with van der Waals surface area (Å²) in [7, 11) is 3.71. The zero-order valence-electron chi connectivity index (χ0n) is 15.3. The van der Waals surface area contributed by atoms with Gasteiger partial charge >= 0.3 is 0 Å². The molecule has 0 aliphatic rings. The second-order valence-corrected chi connectivity index (χ2v) is 7.10. The standard InChI is InChI=1S/C20H18N6S/c1-12-18(27-20(24-12)13-6-5-8-23-11-13)15-10-16-14(7-9-26(16)4)17(25-15)19(21-2)22-3/h5-11H,2H2,1,3-4H3. The number of hydrogen-bond acceptors (Lipinski definition) is 5. The molecule has 4 aromatic heterocycles. The predicted molar refractivity (Wildman–Crippen MR) is 112 cm³/mol. The monoisotopic (exact) mass is 374 g/mol. The van der Waals surface area contributed by atoms with Gasteiger partial charge in [-0.1, -0.05) is 0 Å². The third-order valence-corrected chi connectivity index (χ3v) is 5.62. The molecule has 0 radical (unpaired) electrons. The molecule has 0 atom stereocenters. The van der Waals surface area contributed by atoms with Gasteiger partial charge in [-0.15, -0.1) is 11.3 Å². The fraction of sp³-hybridized carbons (Fsp3) is 0.150.